The van der Waals surface area contributed by atoms with Gasteiger partial charge >= 0.3 is 0 Å². The molecule has 0 atom stereocenters. The maximum Gasteiger partial charge on any atom is 0.274 e. The van der Waals surface area contributed by atoms with Gasteiger partial charge in [0.1, 0.15) is 0 Å². The molecule has 5 nitrogen and oxygen atoms in total. The van der Waals surface area contributed by atoms with E-state index < -0.39 is 0 Å². The van der Waals surface area contributed by atoms with Gasteiger partial charge in [0, 0.05) is 19.1 Å². The average molecular weight is 313 g/mol. The van der Waals surface area contributed by atoms with Crippen molar-refractivity contribution in [3.05, 3.63) is 29.3 Å². The number of likely N-dealkylation sites (tertiary alicyclic amines) is 1. The summed E-state index contributed by atoms with van der Waals surface area (Å²) >= 11 is 1.62. The number of thiophene rings is 1. The van der Waals surface area contributed by atoms with E-state index in [0.29, 0.717) is 5.69 Å². The lowest BCUT2D eigenvalue weighted by molar-refractivity contribution is 0.0709. The van der Waals surface area contributed by atoms with Crippen LogP contribution in [0.2, 0.25) is 0 Å². The van der Waals surface area contributed by atoms with E-state index in [0.717, 1.165) is 36.5 Å². The lowest BCUT2D eigenvalue weighted by Crippen LogP contribution is -2.42. The zero-order valence-corrected chi connectivity index (χ0v) is 12.5. The van der Waals surface area contributed by atoms with E-state index in [-0.39, 0.29) is 24.4 Å². The number of H-pyrrole nitrogens is 1. The second kappa shape index (κ2) is 6.39. The Morgan fingerprint density at radius 2 is 2.20 bits per heavy atom. The Labute approximate surface area is 127 Å². The Hall–Kier alpha value is -1.37. The van der Waals surface area contributed by atoms with E-state index in [9.17, 15) is 4.79 Å². The number of piperidine rings is 1. The molecule has 2 aromatic rings. The van der Waals surface area contributed by atoms with Crippen LogP contribution in [0.4, 0.5) is 0 Å². The maximum atomic E-state index is 12.3. The number of rotatable bonds is 2. The molecule has 1 saturated heterocycles. The molecule has 2 aromatic heterocycles. The highest BCUT2D eigenvalue weighted by Gasteiger charge is 2.23. The second-order valence-electron chi connectivity index (χ2n) is 4.77. The van der Waals surface area contributed by atoms with Gasteiger partial charge in [0.05, 0.1) is 10.6 Å². The molecule has 7 heteroatoms. The second-order valence-corrected chi connectivity index (χ2v) is 5.72. The molecule has 3 rings (SSSR count). The van der Waals surface area contributed by atoms with Gasteiger partial charge in [-0.05, 0) is 30.4 Å². The zero-order valence-electron chi connectivity index (χ0n) is 10.9. The summed E-state index contributed by atoms with van der Waals surface area (Å²) in [7, 11) is 0. The van der Waals surface area contributed by atoms with Crippen molar-refractivity contribution < 1.29 is 4.79 Å². The molecule has 20 heavy (non-hydrogen) atoms. The van der Waals surface area contributed by atoms with Crippen LogP contribution in [0.1, 0.15) is 23.3 Å². The minimum atomic E-state index is -0.00837. The summed E-state index contributed by atoms with van der Waals surface area (Å²) in [6.07, 6.45) is 1.74. The number of carbonyl (C=O) groups is 1. The molecule has 3 N–H and O–H groups in total. The predicted molar refractivity (Wildman–Crippen MR) is 82.3 cm³/mol. The number of aromatic nitrogens is 2. The number of carbonyl (C=O) groups excluding carboxylic acids is 1. The molecule has 0 unspecified atom stereocenters. The van der Waals surface area contributed by atoms with Gasteiger partial charge in [-0.3, -0.25) is 9.89 Å². The Kier molecular flexibility index (Phi) is 4.80. The summed E-state index contributed by atoms with van der Waals surface area (Å²) in [5, 5.41) is 9.05. The molecule has 1 aliphatic heterocycles. The Balaban J connectivity index is 0.00000147. The Morgan fingerprint density at radius 3 is 2.85 bits per heavy atom. The molecule has 1 amide bonds. The molecule has 0 radical (unpaired) electrons. The van der Waals surface area contributed by atoms with Gasteiger partial charge in [-0.15, -0.1) is 23.7 Å². The smallest absolute Gasteiger partial charge is 0.274 e. The number of nitrogens with one attached hydrogen (secondary N) is 1. The summed E-state index contributed by atoms with van der Waals surface area (Å²) in [5.74, 6) is -0.00837. The first-order valence-electron chi connectivity index (χ1n) is 6.38. The van der Waals surface area contributed by atoms with Crippen molar-refractivity contribution in [2.24, 2.45) is 5.73 Å². The Morgan fingerprint density at radius 1 is 1.45 bits per heavy atom. The van der Waals surface area contributed by atoms with Gasteiger partial charge in [0.25, 0.3) is 5.91 Å². The monoisotopic (exact) mass is 312 g/mol. The highest BCUT2D eigenvalue weighted by atomic mass is 35.5. The van der Waals surface area contributed by atoms with Crippen LogP contribution in [0.3, 0.4) is 0 Å². The van der Waals surface area contributed by atoms with E-state index in [1.54, 1.807) is 11.3 Å². The van der Waals surface area contributed by atoms with E-state index in [4.69, 9.17) is 5.73 Å². The minimum Gasteiger partial charge on any atom is -0.337 e. The third-order valence-electron chi connectivity index (χ3n) is 3.41. The van der Waals surface area contributed by atoms with E-state index >= 15 is 0 Å². The summed E-state index contributed by atoms with van der Waals surface area (Å²) in [5.41, 5.74) is 7.23. The lowest BCUT2D eigenvalue weighted by atomic mass is 10.1. The number of amides is 1. The Bertz CT molecular complexity index is 561. The fourth-order valence-corrected chi connectivity index (χ4v) is 2.95. The van der Waals surface area contributed by atoms with Gasteiger partial charge in [-0.2, -0.15) is 5.10 Å². The zero-order chi connectivity index (χ0) is 13.2. The van der Waals surface area contributed by atoms with E-state index in [1.807, 2.05) is 28.5 Å². The third kappa shape index (κ3) is 3.03. The molecule has 108 valence electrons. The first-order chi connectivity index (χ1) is 9.24. The summed E-state index contributed by atoms with van der Waals surface area (Å²) in [6, 6.07) is 6.04. The van der Waals surface area contributed by atoms with Gasteiger partial charge in [-0.1, -0.05) is 6.07 Å². The quantitative estimate of drug-likeness (QED) is 0.892. The van der Waals surface area contributed by atoms with Crippen LogP contribution in [0.15, 0.2) is 23.6 Å². The van der Waals surface area contributed by atoms with Gasteiger partial charge < -0.3 is 10.6 Å². The highest BCUT2D eigenvalue weighted by molar-refractivity contribution is 7.13. The van der Waals surface area contributed by atoms with Crippen molar-refractivity contribution in [3.63, 3.8) is 0 Å². The number of halogens is 1. The van der Waals surface area contributed by atoms with Gasteiger partial charge in [0.2, 0.25) is 0 Å². The average Bonchev–Trinajstić information content (AvgIpc) is 3.10. The molecule has 1 aliphatic rings. The van der Waals surface area contributed by atoms with Crippen LogP contribution in [0, 0.1) is 0 Å². The topological polar surface area (TPSA) is 75.0 Å². The van der Waals surface area contributed by atoms with Gasteiger partial charge in [-0.25, -0.2) is 0 Å². The molecule has 1 fully saturated rings. The lowest BCUT2D eigenvalue weighted by Gasteiger charge is -2.29. The van der Waals surface area contributed by atoms with Crippen LogP contribution < -0.4 is 5.73 Å². The molecule has 0 saturated carbocycles. The normalized spacial score (nSPS) is 15.9. The highest BCUT2D eigenvalue weighted by Crippen LogP contribution is 2.23. The van der Waals surface area contributed by atoms with Crippen molar-refractivity contribution in [1.82, 2.24) is 15.1 Å². The van der Waals surface area contributed by atoms with Crippen LogP contribution in [-0.2, 0) is 0 Å². The fraction of sp³-hybridized carbons (Fsp3) is 0.385. The van der Waals surface area contributed by atoms with Crippen molar-refractivity contribution >= 4 is 29.7 Å². The third-order valence-corrected chi connectivity index (χ3v) is 4.31. The van der Waals surface area contributed by atoms with E-state index in [1.165, 1.54) is 0 Å². The van der Waals surface area contributed by atoms with E-state index in [2.05, 4.69) is 10.2 Å². The number of nitrogens with two attached hydrogens (primary N) is 1. The maximum absolute atomic E-state index is 12.3. The molecule has 3 heterocycles. The fourth-order valence-electron chi connectivity index (χ4n) is 2.25. The molecule has 0 aliphatic carbocycles. The SMILES string of the molecule is Cl.NC1CCN(C(=O)c2cc(-c3cccs3)[nH]n2)CC1. The minimum absolute atomic E-state index is 0. The van der Waals surface area contributed by atoms with Crippen LogP contribution >= 0.6 is 23.7 Å². The van der Waals surface area contributed by atoms with Gasteiger partial charge in [0.15, 0.2) is 5.69 Å². The van der Waals surface area contributed by atoms with Crippen LogP contribution in [0.25, 0.3) is 10.6 Å². The van der Waals surface area contributed by atoms with Crippen molar-refractivity contribution in [2.45, 2.75) is 18.9 Å². The van der Waals surface area contributed by atoms with Crippen molar-refractivity contribution in [3.8, 4) is 10.6 Å². The molecule has 0 spiro atoms. The standard InChI is InChI=1S/C13H16N4OS.ClH/c14-9-3-5-17(6-4-9)13(18)11-8-10(15-16-11)12-2-1-7-19-12;/h1-2,7-9H,3-6,14H2,(H,15,16);1H. The number of aromatic amines is 1. The summed E-state index contributed by atoms with van der Waals surface area (Å²) < 4.78 is 0. The van der Waals surface area contributed by atoms with Crippen LogP contribution in [0.5, 0.6) is 0 Å². The van der Waals surface area contributed by atoms with Crippen LogP contribution in [-0.4, -0.2) is 40.1 Å². The van der Waals surface area contributed by atoms with Crippen molar-refractivity contribution in [1.29, 1.82) is 0 Å². The molecular weight excluding hydrogens is 296 g/mol. The number of nitrogens with zero attached hydrogens (tertiary/aromatic N) is 2. The first kappa shape index (κ1) is 15.0. The predicted octanol–water partition coefficient (Wildman–Crippen LogP) is 2.12. The number of hydrogen-bond donors (Lipinski definition) is 2. The number of hydrogen-bond acceptors (Lipinski definition) is 4. The first-order valence-corrected chi connectivity index (χ1v) is 7.26. The molecular formula is C13H17ClN4OS. The largest absolute Gasteiger partial charge is 0.337 e. The molecule has 0 aromatic carbocycles. The summed E-state index contributed by atoms with van der Waals surface area (Å²) in [6.45, 7) is 1.45. The van der Waals surface area contributed by atoms with Crippen molar-refractivity contribution in [2.75, 3.05) is 13.1 Å². The summed E-state index contributed by atoms with van der Waals surface area (Å²) in [4.78, 5) is 15.2. The molecule has 0 bridgehead atoms.